The molecule has 1 atom stereocenters. The highest BCUT2D eigenvalue weighted by atomic mass is 16.2. The highest BCUT2D eigenvalue weighted by Crippen LogP contribution is 1.98. The molecule has 2 N–H and O–H groups in total. The summed E-state index contributed by atoms with van der Waals surface area (Å²) >= 11 is 0. The lowest BCUT2D eigenvalue weighted by Gasteiger charge is -1.99. The normalized spacial score (nSPS) is 26.4. The molecule has 1 rings (SSSR count). The predicted octanol–water partition coefficient (Wildman–Crippen LogP) is -1.93. The third kappa shape index (κ3) is 1.10. The van der Waals surface area contributed by atoms with Crippen molar-refractivity contribution in [2.24, 2.45) is 0 Å². The smallest absolute Gasteiger partial charge is 0.243 e. The van der Waals surface area contributed by atoms with Gasteiger partial charge in [-0.2, -0.15) is 0 Å². The Balaban J connectivity index is 2.58. The van der Waals surface area contributed by atoms with Gasteiger partial charge in [-0.3, -0.25) is 14.9 Å². The first-order valence-electron chi connectivity index (χ1n) is 2.54. The van der Waals surface area contributed by atoms with Crippen LogP contribution in [0.2, 0.25) is 0 Å². The van der Waals surface area contributed by atoms with Crippen molar-refractivity contribution in [1.82, 2.24) is 10.5 Å². The second-order valence-electron chi connectivity index (χ2n) is 1.84. The Morgan fingerprint density at radius 3 is 2.56 bits per heavy atom. The maximum absolute atomic E-state index is 10.5. The number of nitrogens with one attached hydrogen (secondary N) is 2. The highest BCUT2D eigenvalue weighted by molar-refractivity contribution is 6.11. The van der Waals surface area contributed by atoms with Gasteiger partial charge in [0.25, 0.3) is 0 Å². The Hall–Kier alpha value is -0.835. The van der Waals surface area contributed by atoms with Gasteiger partial charge < -0.3 is 5.23 Å². The number of amides is 2. The number of hydrogen-bond donors (Lipinski definition) is 2. The molecule has 46 valence electrons. The third-order valence-corrected chi connectivity index (χ3v) is 1.17. The van der Waals surface area contributed by atoms with Gasteiger partial charge in [-0.1, -0.05) is 0 Å². The van der Waals surface area contributed by atoms with Crippen LogP contribution in [0.15, 0.2) is 0 Å². The zero-order chi connectivity index (χ0) is 6.85. The predicted molar refractivity (Wildman–Crippen MR) is 30.4 cm³/mol. The molecule has 9 heavy (non-hydrogen) atoms. The van der Waals surface area contributed by atoms with Gasteiger partial charge in [-0.25, -0.2) is 0 Å². The summed E-state index contributed by atoms with van der Waals surface area (Å²) in [6, 6.07) is -0.530. The van der Waals surface area contributed by atoms with E-state index in [1.165, 1.54) is 0 Å². The van der Waals surface area contributed by atoms with E-state index >= 15 is 0 Å². The van der Waals surface area contributed by atoms with Crippen molar-refractivity contribution >= 4 is 19.8 Å². The molecule has 5 heteroatoms. The van der Waals surface area contributed by atoms with Crippen LogP contribution in [0.5, 0.6) is 0 Å². The summed E-state index contributed by atoms with van der Waals surface area (Å²) in [4.78, 5) is 20.9. The number of hydrogen-bond acceptors (Lipinski definition) is 3. The Labute approximate surface area is 53.4 Å². The van der Waals surface area contributed by atoms with E-state index in [1.54, 1.807) is 0 Å². The van der Waals surface area contributed by atoms with Crippen LogP contribution in [0.1, 0.15) is 6.42 Å². The zero-order valence-corrected chi connectivity index (χ0v) is 4.68. The number of rotatable bonds is 1. The van der Waals surface area contributed by atoms with E-state index in [-0.39, 0.29) is 18.2 Å². The van der Waals surface area contributed by atoms with Crippen LogP contribution >= 0.6 is 0 Å². The average Bonchev–Trinajstić information content (AvgIpc) is 2.10. The van der Waals surface area contributed by atoms with E-state index in [2.05, 4.69) is 10.5 Å². The topological polar surface area (TPSA) is 58.2 Å². The summed E-state index contributed by atoms with van der Waals surface area (Å²) in [6.45, 7) is 0. The molecule has 0 spiro atoms. The largest absolute Gasteiger partial charge is 0.356 e. The Morgan fingerprint density at radius 2 is 2.33 bits per heavy atom. The number of carbonyl (C=O) groups is 2. The lowest BCUT2D eigenvalue weighted by molar-refractivity contribution is -0.125. The van der Waals surface area contributed by atoms with Crippen molar-refractivity contribution in [3.05, 3.63) is 0 Å². The second kappa shape index (κ2) is 2.18. The molecule has 1 heterocycles. The van der Waals surface area contributed by atoms with Gasteiger partial charge in [-0.15, -0.1) is 0 Å². The molecule has 4 nitrogen and oxygen atoms in total. The van der Waals surface area contributed by atoms with Crippen LogP contribution in [0.4, 0.5) is 0 Å². The maximum atomic E-state index is 10.5. The monoisotopic (exact) mass is 124 g/mol. The number of imide groups is 1. The summed E-state index contributed by atoms with van der Waals surface area (Å²) in [5.74, 6) is -0.620. The molecule has 1 fully saturated rings. The summed E-state index contributed by atoms with van der Waals surface area (Å²) < 4.78 is 0. The van der Waals surface area contributed by atoms with E-state index in [4.69, 9.17) is 7.98 Å². The Bertz CT molecular complexity index is 159. The van der Waals surface area contributed by atoms with Crippen molar-refractivity contribution in [2.75, 3.05) is 0 Å². The molecule has 0 aromatic heterocycles. The van der Waals surface area contributed by atoms with Gasteiger partial charge in [0.2, 0.25) is 11.8 Å². The zero-order valence-electron chi connectivity index (χ0n) is 4.68. The summed E-state index contributed by atoms with van der Waals surface area (Å²) in [6.07, 6.45) is 0.148. The fraction of sp³-hybridized carbons (Fsp3) is 0.500. The summed E-state index contributed by atoms with van der Waals surface area (Å²) in [5, 5.41) is 4.31. The van der Waals surface area contributed by atoms with Crippen LogP contribution in [0.25, 0.3) is 0 Å². The first kappa shape index (κ1) is 6.29. The van der Waals surface area contributed by atoms with Gasteiger partial charge >= 0.3 is 0 Å². The third-order valence-electron chi connectivity index (χ3n) is 1.17. The molecule has 0 aliphatic carbocycles. The van der Waals surface area contributed by atoms with Crippen molar-refractivity contribution in [3.8, 4) is 0 Å². The molecule has 0 saturated carbocycles. The van der Waals surface area contributed by atoms with Crippen LogP contribution < -0.4 is 10.5 Å². The molecule has 1 aliphatic heterocycles. The van der Waals surface area contributed by atoms with Crippen LogP contribution in [0.3, 0.4) is 0 Å². The summed E-state index contributed by atoms with van der Waals surface area (Å²) in [7, 11) is 4.92. The van der Waals surface area contributed by atoms with Gasteiger partial charge in [0, 0.05) is 0 Å². The standard InChI is InChI=1S/C4H5BN2O2/c5-7-2-1-3(8)6-4(2)9/h2,7H,1H2,(H,6,8,9). The molecule has 0 aromatic carbocycles. The molecule has 1 unspecified atom stereocenters. The minimum Gasteiger partial charge on any atom is -0.356 e. The first-order chi connectivity index (χ1) is 4.24. The molecule has 1 saturated heterocycles. The highest BCUT2D eigenvalue weighted by Gasteiger charge is 2.27. The van der Waals surface area contributed by atoms with Crippen LogP contribution in [-0.4, -0.2) is 25.8 Å². The minimum atomic E-state index is -0.530. The van der Waals surface area contributed by atoms with Gasteiger partial charge in [0.05, 0.1) is 12.5 Å². The van der Waals surface area contributed by atoms with Crippen molar-refractivity contribution < 1.29 is 9.59 Å². The molecule has 2 amide bonds. The lowest BCUT2D eigenvalue weighted by atomic mass is 10.2. The maximum Gasteiger partial charge on any atom is 0.243 e. The van der Waals surface area contributed by atoms with E-state index in [0.29, 0.717) is 0 Å². The van der Waals surface area contributed by atoms with Gasteiger partial charge in [0.1, 0.15) is 0 Å². The molecule has 0 aromatic rings. The van der Waals surface area contributed by atoms with Gasteiger partial charge in [-0.05, 0) is 0 Å². The van der Waals surface area contributed by atoms with Crippen molar-refractivity contribution in [3.63, 3.8) is 0 Å². The average molecular weight is 124 g/mol. The summed E-state index contributed by atoms with van der Waals surface area (Å²) in [5.41, 5.74) is 0. The Morgan fingerprint density at radius 1 is 1.67 bits per heavy atom. The number of carbonyl (C=O) groups excluding carboxylic acids is 2. The van der Waals surface area contributed by atoms with Gasteiger partial charge in [0.15, 0.2) is 7.98 Å². The van der Waals surface area contributed by atoms with Crippen molar-refractivity contribution in [1.29, 1.82) is 0 Å². The molecular formula is C4H5BN2O2. The molecule has 1 aliphatic rings. The fourth-order valence-electron chi connectivity index (χ4n) is 0.688. The fourth-order valence-corrected chi connectivity index (χ4v) is 0.688. The quantitative estimate of drug-likeness (QED) is 0.316. The SMILES string of the molecule is [B]NC1CC(=O)NC1=O. The molecular weight excluding hydrogens is 119 g/mol. The lowest BCUT2D eigenvalue weighted by Crippen LogP contribution is -2.34. The van der Waals surface area contributed by atoms with Crippen molar-refractivity contribution in [2.45, 2.75) is 12.5 Å². The van der Waals surface area contributed by atoms with E-state index < -0.39 is 6.04 Å². The van der Waals surface area contributed by atoms with E-state index in [0.717, 1.165) is 0 Å². The first-order valence-corrected chi connectivity index (χ1v) is 2.54. The second-order valence-corrected chi connectivity index (χ2v) is 1.84. The van der Waals surface area contributed by atoms with Crippen LogP contribution in [0, 0.1) is 0 Å². The Kier molecular flexibility index (Phi) is 1.53. The van der Waals surface area contributed by atoms with Crippen LogP contribution in [-0.2, 0) is 9.59 Å². The van der Waals surface area contributed by atoms with E-state index in [1.807, 2.05) is 0 Å². The molecule has 2 radical (unpaired) electrons. The molecule has 0 bridgehead atoms. The van der Waals surface area contributed by atoms with E-state index in [9.17, 15) is 9.59 Å². The minimum absolute atomic E-state index is 0.148.